The van der Waals surface area contributed by atoms with Crippen LogP contribution in [0, 0.1) is 0 Å². The first kappa shape index (κ1) is 16.5. The maximum atomic E-state index is 5.39. The maximum Gasteiger partial charge on any atom is 0.224 e. The molecule has 1 aromatic carbocycles. The van der Waals surface area contributed by atoms with Crippen LogP contribution in [0.4, 0.5) is 17.5 Å². The van der Waals surface area contributed by atoms with E-state index in [1.807, 2.05) is 36.4 Å². The van der Waals surface area contributed by atoms with Crippen LogP contribution in [-0.4, -0.2) is 29.2 Å². The Labute approximate surface area is 146 Å². The molecule has 25 heavy (non-hydrogen) atoms. The number of ether oxygens (including phenoxy) is 2. The normalized spacial score (nSPS) is 10.2. The first-order chi connectivity index (χ1) is 12.3. The second-order valence-corrected chi connectivity index (χ2v) is 5.13. The van der Waals surface area contributed by atoms with Crippen molar-refractivity contribution < 1.29 is 9.47 Å². The van der Waals surface area contributed by atoms with Crippen LogP contribution in [0.2, 0.25) is 0 Å². The van der Waals surface area contributed by atoms with Crippen molar-refractivity contribution in [1.29, 1.82) is 0 Å². The number of nitrogens with one attached hydrogen (secondary N) is 2. The highest BCUT2D eigenvalue weighted by Crippen LogP contribution is 2.31. The Morgan fingerprint density at radius 1 is 0.960 bits per heavy atom. The van der Waals surface area contributed by atoms with Crippen LogP contribution in [0.1, 0.15) is 5.69 Å². The molecule has 2 N–H and O–H groups in total. The van der Waals surface area contributed by atoms with Gasteiger partial charge in [-0.2, -0.15) is 4.98 Å². The zero-order valence-corrected chi connectivity index (χ0v) is 14.1. The predicted molar refractivity (Wildman–Crippen MR) is 96.4 cm³/mol. The van der Waals surface area contributed by atoms with Gasteiger partial charge < -0.3 is 20.1 Å². The maximum absolute atomic E-state index is 5.39. The van der Waals surface area contributed by atoms with E-state index in [1.165, 1.54) is 0 Å². The summed E-state index contributed by atoms with van der Waals surface area (Å²) in [5.41, 5.74) is 1.71. The van der Waals surface area contributed by atoms with Crippen molar-refractivity contribution in [3.63, 3.8) is 0 Å². The van der Waals surface area contributed by atoms with Crippen LogP contribution in [0.5, 0.6) is 11.5 Å². The van der Waals surface area contributed by atoms with Gasteiger partial charge in [-0.1, -0.05) is 6.07 Å². The molecule has 128 valence electrons. The van der Waals surface area contributed by atoms with E-state index in [2.05, 4.69) is 25.6 Å². The number of hydrogen-bond acceptors (Lipinski definition) is 7. The Balaban J connectivity index is 1.71. The van der Waals surface area contributed by atoms with Gasteiger partial charge in [-0.3, -0.25) is 4.98 Å². The minimum atomic E-state index is 0.517. The van der Waals surface area contributed by atoms with E-state index in [0.717, 1.165) is 17.1 Å². The Kier molecular flexibility index (Phi) is 5.26. The lowest BCUT2D eigenvalue weighted by atomic mass is 10.2. The molecule has 7 heteroatoms. The third kappa shape index (κ3) is 4.35. The van der Waals surface area contributed by atoms with Crippen molar-refractivity contribution in [3.05, 3.63) is 60.6 Å². The van der Waals surface area contributed by atoms with Crippen LogP contribution >= 0.6 is 0 Å². The summed E-state index contributed by atoms with van der Waals surface area (Å²) in [7, 11) is 3.23. The fourth-order valence-corrected chi connectivity index (χ4v) is 2.23. The fourth-order valence-electron chi connectivity index (χ4n) is 2.23. The van der Waals surface area contributed by atoms with E-state index >= 15 is 0 Å². The highest BCUT2D eigenvalue weighted by molar-refractivity contribution is 5.66. The Hall–Kier alpha value is -3.35. The number of nitrogens with zero attached hydrogens (tertiary/aromatic N) is 3. The Morgan fingerprint density at radius 2 is 1.88 bits per heavy atom. The summed E-state index contributed by atoms with van der Waals surface area (Å²) >= 11 is 0. The van der Waals surface area contributed by atoms with E-state index in [4.69, 9.17) is 9.47 Å². The first-order valence-corrected chi connectivity index (χ1v) is 7.74. The molecule has 2 heterocycles. The van der Waals surface area contributed by atoms with Crippen molar-refractivity contribution in [2.45, 2.75) is 6.54 Å². The monoisotopic (exact) mass is 337 g/mol. The number of pyridine rings is 1. The molecule has 0 bridgehead atoms. The number of rotatable bonds is 7. The van der Waals surface area contributed by atoms with Crippen molar-refractivity contribution in [2.75, 3.05) is 24.9 Å². The molecule has 0 spiro atoms. The van der Waals surface area contributed by atoms with Crippen molar-refractivity contribution in [2.24, 2.45) is 0 Å². The summed E-state index contributed by atoms with van der Waals surface area (Å²) in [6.45, 7) is 0.552. The molecular weight excluding hydrogens is 318 g/mol. The van der Waals surface area contributed by atoms with Crippen LogP contribution in [-0.2, 0) is 6.54 Å². The molecule has 0 radical (unpaired) electrons. The number of methoxy groups -OCH3 is 2. The van der Waals surface area contributed by atoms with Crippen molar-refractivity contribution in [3.8, 4) is 11.5 Å². The van der Waals surface area contributed by atoms with Crippen LogP contribution in [0.3, 0.4) is 0 Å². The van der Waals surface area contributed by atoms with Gasteiger partial charge in [-0.05, 0) is 30.3 Å². The largest absolute Gasteiger partial charge is 0.497 e. The van der Waals surface area contributed by atoms with Gasteiger partial charge in [-0.15, -0.1) is 0 Å². The van der Waals surface area contributed by atoms with Gasteiger partial charge in [0.1, 0.15) is 17.3 Å². The van der Waals surface area contributed by atoms with Crippen LogP contribution in [0.25, 0.3) is 0 Å². The molecular formula is C18H19N5O2. The lowest BCUT2D eigenvalue weighted by Crippen LogP contribution is -2.06. The zero-order chi connectivity index (χ0) is 17.5. The molecule has 0 fully saturated rings. The summed E-state index contributed by atoms with van der Waals surface area (Å²) in [6.07, 6.45) is 3.44. The standard InChI is InChI=1S/C18H19N5O2/c1-24-14-6-7-15(16(11-14)25-2)22-17-8-10-20-18(23-17)21-12-13-5-3-4-9-19-13/h3-11H,12H2,1-2H3,(H2,20,21,22,23). The first-order valence-electron chi connectivity index (χ1n) is 7.74. The van der Waals surface area contributed by atoms with Gasteiger partial charge in [0.15, 0.2) is 0 Å². The minimum Gasteiger partial charge on any atom is -0.497 e. The average Bonchev–Trinajstić information content (AvgIpc) is 2.68. The molecule has 0 aliphatic rings. The quantitative estimate of drug-likeness (QED) is 0.685. The Morgan fingerprint density at radius 3 is 2.64 bits per heavy atom. The van der Waals surface area contributed by atoms with E-state index in [-0.39, 0.29) is 0 Å². The summed E-state index contributed by atoms with van der Waals surface area (Å²) in [5.74, 6) is 2.56. The fraction of sp³-hybridized carbons (Fsp3) is 0.167. The molecule has 2 aromatic heterocycles. The Bertz CT molecular complexity index is 827. The minimum absolute atomic E-state index is 0.517. The van der Waals surface area contributed by atoms with E-state index in [0.29, 0.717) is 24.1 Å². The molecule has 0 amide bonds. The summed E-state index contributed by atoms with van der Waals surface area (Å²) < 4.78 is 10.6. The van der Waals surface area contributed by atoms with Gasteiger partial charge in [-0.25, -0.2) is 4.98 Å². The predicted octanol–water partition coefficient (Wildman–Crippen LogP) is 3.24. The summed E-state index contributed by atoms with van der Waals surface area (Å²) in [6, 6.07) is 13.1. The number of benzene rings is 1. The van der Waals surface area contributed by atoms with Crippen molar-refractivity contribution in [1.82, 2.24) is 15.0 Å². The molecule has 3 rings (SSSR count). The second kappa shape index (κ2) is 7.96. The lowest BCUT2D eigenvalue weighted by Gasteiger charge is -2.12. The highest BCUT2D eigenvalue weighted by Gasteiger charge is 2.07. The smallest absolute Gasteiger partial charge is 0.224 e. The average molecular weight is 337 g/mol. The molecule has 0 aliphatic carbocycles. The molecule has 0 saturated heterocycles. The highest BCUT2D eigenvalue weighted by atomic mass is 16.5. The van der Waals surface area contributed by atoms with Crippen LogP contribution < -0.4 is 20.1 Å². The number of anilines is 3. The van der Waals surface area contributed by atoms with E-state index in [1.54, 1.807) is 32.7 Å². The van der Waals surface area contributed by atoms with E-state index < -0.39 is 0 Å². The molecule has 0 aliphatic heterocycles. The third-order valence-corrected chi connectivity index (χ3v) is 3.48. The van der Waals surface area contributed by atoms with Gasteiger partial charge in [0.05, 0.1) is 32.1 Å². The summed E-state index contributed by atoms with van der Waals surface area (Å²) in [5, 5.41) is 6.38. The van der Waals surface area contributed by atoms with Gasteiger partial charge in [0, 0.05) is 18.5 Å². The third-order valence-electron chi connectivity index (χ3n) is 3.48. The van der Waals surface area contributed by atoms with Gasteiger partial charge in [0.25, 0.3) is 0 Å². The molecule has 0 atom stereocenters. The number of aromatic nitrogens is 3. The SMILES string of the molecule is COc1ccc(Nc2ccnc(NCc3ccccn3)n2)c(OC)c1. The molecule has 0 saturated carbocycles. The summed E-state index contributed by atoms with van der Waals surface area (Å²) in [4.78, 5) is 12.9. The zero-order valence-electron chi connectivity index (χ0n) is 14.1. The number of hydrogen-bond donors (Lipinski definition) is 2. The topological polar surface area (TPSA) is 81.2 Å². The van der Waals surface area contributed by atoms with Crippen LogP contribution in [0.15, 0.2) is 54.9 Å². The van der Waals surface area contributed by atoms with Gasteiger partial charge >= 0.3 is 0 Å². The molecule has 3 aromatic rings. The second-order valence-electron chi connectivity index (χ2n) is 5.13. The molecule has 7 nitrogen and oxygen atoms in total. The van der Waals surface area contributed by atoms with E-state index in [9.17, 15) is 0 Å². The van der Waals surface area contributed by atoms with Gasteiger partial charge in [0.2, 0.25) is 5.95 Å². The molecule has 0 unspecified atom stereocenters. The lowest BCUT2D eigenvalue weighted by molar-refractivity contribution is 0.395. The van der Waals surface area contributed by atoms with Crippen molar-refractivity contribution >= 4 is 17.5 Å².